The number of aromatic nitrogens is 3. The summed E-state index contributed by atoms with van der Waals surface area (Å²) in [5.41, 5.74) is 3.02. The third kappa shape index (κ3) is 11.6. The molecule has 4 saturated heterocycles. The first-order valence-corrected chi connectivity index (χ1v) is 30.7. The van der Waals surface area contributed by atoms with Crippen molar-refractivity contribution in [3.63, 3.8) is 0 Å². The number of anilines is 3. The number of rotatable bonds is 18. The van der Waals surface area contributed by atoms with Crippen LogP contribution in [0.4, 0.5) is 26.0 Å². The van der Waals surface area contributed by atoms with Gasteiger partial charge >= 0.3 is 6.01 Å². The van der Waals surface area contributed by atoms with E-state index in [9.17, 15) is 14.7 Å². The molecule has 0 radical (unpaired) electrons. The van der Waals surface area contributed by atoms with Crippen LogP contribution in [0.3, 0.4) is 0 Å². The van der Waals surface area contributed by atoms with Crippen molar-refractivity contribution < 1.29 is 33.0 Å². The molecule has 7 aromatic rings. The topological polar surface area (TPSA) is 178 Å². The van der Waals surface area contributed by atoms with E-state index in [2.05, 4.69) is 68.1 Å². The molecule has 4 fully saturated rings. The molecule has 2 aromatic heterocycles. The lowest BCUT2D eigenvalue weighted by Crippen LogP contribution is -2.51. The van der Waals surface area contributed by atoms with Crippen LogP contribution in [0.25, 0.3) is 32.9 Å². The van der Waals surface area contributed by atoms with E-state index in [1.807, 2.05) is 24.3 Å². The maximum atomic E-state index is 17.2. The third-order valence-electron chi connectivity index (χ3n) is 18.2. The molecule has 7 heterocycles. The molecule has 0 unspecified atom stereocenters. The first-order chi connectivity index (χ1) is 41.5. The minimum atomic E-state index is -0.895. The standard InChI is InChI=1S/C67H72Cl2F2N10O5/c1-6-38-14-11-15-39-28-45(82)31-47(55(38)39)59-58(71)60-48(33-73-59)62(81-34-42-21-22-43(35-81)75-42)79-65(78-60)86-36-44-16-13-27-80(44)26-10-8-7-9-25-72-63(83)40-19-24-51(53(29-40)85-5)76-64(84)61-56(46-17-12-18-50(69)57(46)70)67(54(77-61)32-66(2,3)4)37-74-52-30-41(68)20-23-49(52)67/h1,11-12,14-15,17-20,23-24,28-31,33,42-44,54,56,61,74-75,77,82H,7-10,13,16,21-22,25-27,32,34-37H2,2-5H3,(H,72,83)(H,76,84)/t42-,43+,44-,54-,56-,61+,67-/m0/s1. The van der Waals surface area contributed by atoms with Gasteiger partial charge in [-0.2, -0.15) is 9.97 Å². The van der Waals surface area contributed by atoms with Crippen molar-refractivity contribution in [2.75, 3.05) is 68.5 Å². The molecule has 448 valence electrons. The van der Waals surface area contributed by atoms with Crippen LogP contribution in [-0.4, -0.2) is 120 Å². The highest BCUT2D eigenvalue weighted by Crippen LogP contribution is 2.57. The number of likely N-dealkylation sites (tertiary alicyclic amines) is 1. The first-order valence-electron chi connectivity index (χ1n) is 30.0. The zero-order valence-corrected chi connectivity index (χ0v) is 50.4. The number of aromatic hydroxyl groups is 1. The normalized spacial score (nSPS) is 22.5. The molecule has 6 N–H and O–H groups in total. The summed E-state index contributed by atoms with van der Waals surface area (Å²) < 4.78 is 45.8. The molecule has 0 aliphatic carbocycles. The van der Waals surface area contributed by atoms with Gasteiger partial charge < -0.3 is 46.1 Å². The quantitative estimate of drug-likeness (QED) is 0.0354. The second-order valence-electron chi connectivity index (χ2n) is 25.0. The van der Waals surface area contributed by atoms with Gasteiger partial charge in [0.15, 0.2) is 5.82 Å². The number of amides is 2. The van der Waals surface area contributed by atoms with Crippen molar-refractivity contribution in [1.29, 1.82) is 0 Å². The summed E-state index contributed by atoms with van der Waals surface area (Å²) >= 11 is 12.9. The number of carbonyl (C=O) groups is 2. The molecule has 15 nitrogen and oxygen atoms in total. The van der Waals surface area contributed by atoms with E-state index in [0.717, 1.165) is 75.7 Å². The Kier molecular flexibility index (Phi) is 16.8. The van der Waals surface area contributed by atoms with E-state index < -0.39 is 29.0 Å². The summed E-state index contributed by atoms with van der Waals surface area (Å²) in [4.78, 5) is 47.3. The lowest BCUT2D eigenvalue weighted by molar-refractivity contribution is -0.118. The zero-order valence-electron chi connectivity index (χ0n) is 48.8. The van der Waals surface area contributed by atoms with Crippen LogP contribution >= 0.6 is 23.2 Å². The molecule has 5 aliphatic heterocycles. The predicted octanol–water partition coefficient (Wildman–Crippen LogP) is 11.8. The number of terminal acetylenes is 1. The SMILES string of the molecule is C#Cc1cccc2cc(O)cc(-c3ncc4c(N5C[C@H]6CC[C@@H](C5)N6)nc(OC[C@@H]5CCCN5CCCCCCNC(=O)c5ccc(NC(=O)[C@@H]6N[C@@H](CC(C)(C)C)[C@@]7(CNc8cc(Cl)ccc87)[C@H]6c6cccc(Cl)c6F)c(OC)c5)nc4c3F)c12. The fraction of sp³-hybridized carbons (Fsp3) is 0.418. The van der Waals surface area contributed by atoms with Crippen molar-refractivity contribution in [2.24, 2.45) is 5.41 Å². The second-order valence-corrected chi connectivity index (χ2v) is 25.8. The fourth-order valence-electron chi connectivity index (χ4n) is 14.3. The van der Waals surface area contributed by atoms with Crippen molar-refractivity contribution >= 4 is 73.9 Å². The predicted molar refractivity (Wildman–Crippen MR) is 335 cm³/mol. The summed E-state index contributed by atoms with van der Waals surface area (Å²) in [6.45, 7) is 11.0. The Labute approximate surface area is 510 Å². The number of pyridine rings is 1. The van der Waals surface area contributed by atoms with Crippen LogP contribution in [0.15, 0.2) is 91.1 Å². The Morgan fingerprint density at radius 3 is 2.52 bits per heavy atom. The van der Waals surface area contributed by atoms with Gasteiger partial charge in [0, 0.05) is 101 Å². The van der Waals surface area contributed by atoms with Gasteiger partial charge in [-0.1, -0.05) is 93.1 Å². The highest BCUT2D eigenvalue weighted by atomic mass is 35.5. The number of nitrogens with zero attached hydrogens (tertiary/aromatic N) is 5. The number of carbonyl (C=O) groups excluding carboxylic acids is 2. The van der Waals surface area contributed by atoms with E-state index >= 15 is 8.78 Å². The molecule has 2 bridgehead atoms. The maximum Gasteiger partial charge on any atom is 0.319 e. The smallest absolute Gasteiger partial charge is 0.319 e. The fourth-order valence-corrected chi connectivity index (χ4v) is 14.6. The Morgan fingerprint density at radius 2 is 1.73 bits per heavy atom. The number of benzene rings is 5. The molecule has 12 rings (SSSR count). The van der Waals surface area contributed by atoms with Gasteiger partial charge in [-0.15, -0.1) is 6.42 Å². The van der Waals surface area contributed by atoms with Crippen LogP contribution in [0.2, 0.25) is 10.0 Å². The van der Waals surface area contributed by atoms with Crippen molar-refractivity contribution in [2.45, 2.75) is 120 Å². The Morgan fingerprint density at radius 1 is 0.930 bits per heavy atom. The Balaban J connectivity index is 0.663. The molecular weight excluding hydrogens is 1130 g/mol. The van der Waals surface area contributed by atoms with Crippen molar-refractivity contribution in [3.05, 3.63) is 135 Å². The van der Waals surface area contributed by atoms with Crippen LogP contribution in [0.5, 0.6) is 17.5 Å². The molecule has 86 heavy (non-hydrogen) atoms. The van der Waals surface area contributed by atoms with E-state index in [-0.39, 0.29) is 57.3 Å². The van der Waals surface area contributed by atoms with Gasteiger partial charge in [0.2, 0.25) is 5.91 Å². The summed E-state index contributed by atoms with van der Waals surface area (Å²) in [5, 5.41) is 30.1. The van der Waals surface area contributed by atoms with Crippen molar-refractivity contribution in [3.8, 4) is 41.1 Å². The number of nitrogens with one attached hydrogen (secondary N) is 5. The van der Waals surface area contributed by atoms with Crippen LogP contribution in [0, 0.1) is 29.4 Å². The van der Waals surface area contributed by atoms with Crippen LogP contribution in [-0.2, 0) is 10.2 Å². The van der Waals surface area contributed by atoms with Gasteiger partial charge in [0.05, 0.1) is 29.2 Å². The molecule has 0 saturated carbocycles. The number of phenolic OH excluding ortho intramolecular Hbond substituents is 1. The summed E-state index contributed by atoms with van der Waals surface area (Å²) in [5.74, 6) is 1.03. The van der Waals surface area contributed by atoms with Crippen LogP contribution < -0.4 is 41.0 Å². The molecule has 2 amide bonds. The van der Waals surface area contributed by atoms with Gasteiger partial charge in [-0.25, -0.2) is 8.78 Å². The minimum Gasteiger partial charge on any atom is -0.508 e. The van der Waals surface area contributed by atoms with Gasteiger partial charge in [-0.05, 0) is 135 Å². The number of unbranched alkanes of at least 4 members (excludes halogenated alkanes) is 3. The van der Waals surface area contributed by atoms with E-state index in [4.69, 9.17) is 49.1 Å². The number of piperazine rings is 1. The Bertz CT molecular complexity index is 3790. The number of fused-ring (bicyclic) bond motifs is 6. The first kappa shape index (κ1) is 59.0. The van der Waals surface area contributed by atoms with Gasteiger partial charge in [0.1, 0.15) is 41.0 Å². The Hall–Kier alpha value is -7.33. The number of hydrogen-bond donors (Lipinski definition) is 6. The molecule has 5 aromatic carbocycles. The zero-order chi connectivity index (χ0) is 60.0. The molecule has 5 aliphatic rings. The summed E-state index contributed by atoms with van der Waals surface area (Å²) in [6, 6.07) is 23.8. The average molecular weight is 1210 g/mol. The number of methoxy groups -OCH3 is 1. The lowest BCUT2D eigenvalue weighted by atomic mass is 9.63. The minimum absolute atomic E-state index is 0.0244. The maximum absolute atomic E-state index is 17.2. The van der Waals surface area contributed by atoms with E-state index in [1.165, 1.54) is 19.2 Å². The van der Waals surface area contributed by atoms with Crippen molar-refractivity contribution in [1.82, 2.24) is 35.8 Å². The van der Waals surface area contributed by atoms with E-state index in [0.29, 0.717) is 112 Å². The van der Waals surface area contributed by atoms with Gasteiger partial charge in [0.25, 0.3) is 5.91 Å². The summed E-state index contributed by atoms with van der Waals surface area (Å²) in [6.07, 6.45) is 15.9. The number of hydrogen-bond acceptors (Lipinski definition) is 13. The molecule has 19 heteroatoms. The monoisotopic (exact) mass is 1200 g/mol. The van der Waals surface area contributed by atoms with E-state index in [1.54, 1.807) is 54.7 Å². The molecule has 7 atom stereocenters. The highest BCUT2D eigenvalue weighted by molar-refractivity contribution is 6.31. The second kappa shape index (κ2) is 24.4. The third-order valence-corrected chi connectivity index (χ3v) is 18.7. The lowest BCUT2D eigenvalue weighted by Gasteiger charge is -2.39. The van der Waals surface area contributed by atoms with Crippen LogP contribution in [0.1, 0.15) is 112 Å². The number of phenols is 1. The van der Waals surface area contributed by atoms with Gasteiger partial charge in [-0.3, -0.25) is 19.5 Å². The average Bonchev–Trinajstić information content (AvgIpc) is 1.66. The largest absolute Gasteiger partial charge is 0.508 e. The number of ether oxygens (including phenoxy) is 2. The number of halogens is 4. The highest BCUT2D eigenvalue weighted by Gasteiger charge is 2.62. The summed E-state index contributed by atoms with van der Waals surface area (Å²) in [7, 11) is 1.49. The molecule has 1 spiro atoms. The molecular formula is C67H72Cl2F2N10O5.